The summed E-state index contributed by atoms with van der Waals surface area (Å²) < 4.78 is 6.91. The summed E-state index contributed by atoms with van der Waals surface area (Å²) in [5.41, 5.74) is 2.74. The van der Waals surface area contributed by atoms with E-state index in [0.717, 1.165) is 59.9 Å². The van der Waals surface area contributed by atoms with E-state index >= 15 is 0 Å². The number of ether oxygens (including phenoxy) is 1. The molecule has 2 aromatic rings. The third-order valence-electron chi connectivity index (χ3n) is 5.25. The van der Waals surface area contributed by atoms with Crippen LogP contribution < -0.4 is 15.4 Å². The molecule has 2 N–H and O–H groups in total. The number of benzene rings is 1. The zero-order valence-electron chi connectivity index (χ0n) is 15.9. The molecule has 1 aliphatic heterocycles. The topological polar surface area (TPSA) is 85.2 Å². The van der Waals surface area contributed by atoms with Gasteiger partial charge in [0.2, 0.25) is 0 Å². The Balaban J connectivity index is 1.54. The van der Waals surface area contributed by atoms with Crippen LogP contribution in [0.2, 0.25) is 0 Å². The van der Waals surface area contributed by atoms with Crippen molar-refractivity contribution in [2.24, 2.45) is 0 Å². The van der Waals surface area contributed by atoms with E-state index < -0.39 is 11.8 Å². The second-order valence-electron chi connectivity index (χ2n) is 7.14. The summed E-state index contributed by atoms with van der Waals surface area (Å²) in [4.78, 5) is 25.0. The zero-order valence-corrected chi connectivity index (χ0v) is 16.7. The van der Waals surface area contributed by atoms with Gasteiger partial charge < -0.3 is 15.4 Å². The minimum Gasteiger partial charge on any atom is -0.497 e. The van der Waals surface area contributed by atoms with E-state index in [4.69, 9.17) is 4.74 Å². The van der Waals surface area contributed by atoms with Crippen LogP contribution in [0.1, 0.15) is 43.4 Å². The molecule has 2 heterocycles. The number of aromatic nitrogens is 2. The summed E-state index contributed by atoms with van der Waals surface area (Å²) in [6, 6.07) is 7.55. The number of amides is 2. The van der Waals surface area contributed by atoms with Gasteiger partial charge in [-0.2, -0.15) is 16.9 Å². The minimum atomic E-state index is -0.639. The molecule has 8 heteroatoms. The first kappa shape index (κ1) is 18.9. The molecule has 0 spiro atoms. The number of hydrogen-bond acceptors (Lipinski definition) is 5. The number of nitrogens with zero attached hydrogens (tertiary/aromatic N) is 2. The third kappa shape index (κ3) is 3.87. The molecule has 28 heavy (non-hydrogen) atoms. The molecule has 1 saturated carbocycles. The van der Waals surface area contributed by atoms with Crippen LogP contribution in [0, 0.1) is 0 Å². The minimum absolute atomic E-state index is 0.0970. The van der Waals surface area contributed by atoms with Crippen molar-refractivity contribution in [3.63, 3.8) is 0 Å². The summed E-state index contributed by atoms with van der Waals surface area (Å²) in [5.74, 6) is 1.68. The predicted molar refractivity (Wildman–Crippen MR) is 109 cm³/mol. The van der Waals surface area contributed by atoms with E-state index in [2.05, 4.69) is 15.7 Å². The van der Waals surface area contributed by atoms with Gasteiger partial charge in [0.1, 0.15) is 11.6 Å². The molecule has 2 amide bonds. The van der Waals surface area contributed by atoms with Crippen molar-refractivity contribution in [2.75, 3.05) is 12.4 Å². The van der Waals surface area contributed by atoms with Crippen LogP contribution in [0.5, 0.6) is 5.75 Å². The second-order valence-corrected chi connectivity index (χ2v) is 8.12. The summed E-state index contributed by atoms with van der Waals surface area (Å²) in [6.07, 6.45) is 5.27. The number of nitrogens with one attached hydrogen (secondary N) is 2. The van der Waals surface area contributed by atoms with E-state index in [0.29, 0.717) is 5.82 Å². The maximum absolute atomic E-state index is 12.6. The lowest BCUT2D eigenvalue weighted by Gasteiger charge is -2.22. The van der Waals surface area contributed by atoms with Crippen LogP contribution in [0.3, 0.4) is 0 Å². The van der Waals surface area contributed by atoms with Gasteiger partial charge in [0, 0.05) is 23.1 Å². The van der Waals surface area contributed by atoms with Gasteiger partial charge in [0.05, 0.1) is 18.5 Å². The highest BCUT2D eigenvalue weighted by Crippen LogP contribution is 2.36. The summed E-state index contributed by atoms with van der Waals surface area (Å²) in [5, 5.41) is 10.3. The number of thioether (sulfide) groups is 1. The van der Waals surface area contributed by atoms with E-state index in [1.54, 1.807) is 23.6 Å². The van der Waals surface area contributed by atoms with Crippen molar-refractivity contribution >= 4 is 29.4 Å². The lowest BCUT2D eigenvalue weighted by atomic mass is 9.95. The number of methoxy groups -OCH3 is 1. The molecule has 2 aliphatic rings. The van der Waals surface area contributed by atoms with E-state index in [1.807, 2.05) is 24.3 Å². The molecule has 1 aliphatic carbocycles. The van der Waals surface area contributed by atoms with Gasteiger partial charge in [-0.15, -0.1) is 0 Å². The van der Waals surface area contributed by atoms with E-state index in [9.17, 15) is 9.59 Å². The van der Waals surface area contributed by atoms with Crippen LogP contribution in [0.4, 0.5) is 5.82 Å². The molecular weight excluding hydrogens is 376 g/mol. The lowest BCUT2D eigenvalue weighted by Crippen LogP contribution is -2.42. The molecule has 0 atom stereocenters. The predicted octanol–water partition coefficient (Wildman–Crippen LogP) is 3.02. The van der Waals surface area contributed by atoms with Crippen molar-refractivity contribution in [1.82, 2.24) is 15.1 Å². The lowest BCUT2D eigenvalue weighted by molar-refractivity contribution is -0.136. The Morgan fingerprint density at radius 2 is 1.86 bits per heavy atom. The fourth-order valence-electron chi connectivity index (χ4n) is 3.71. The van der Waals surface area contributed by atoms with Crippen LogP contribution in [-0.4, -0.2) is 34.7 Å². The van der Waals surface area contributed by atoms with Crippen molar-refractivity contribution in [3.8, 4) is 11.4 Å². The normalized spacial score (nSPS) is 16.5. The van der Waals surface area contributed by atoms with Crippen molar-refractivity contribution in [3.05, 3.63) is 35.5 Å². The molecule has 148 valence electrons. The Morgan fingerprint density at radius 1 is 1.11 bits per heavy atom. The molecular formula is C20H24N4O3S. The molecule has 1 aromatic heterocycles. The molecule has 7 nitrogen and oxygen atoms in total. The average molecular weight is 401 g/mol. The first-order chi connectivity index (χ1) is 13.7. The molecule has 1 fully saturated rings. The number of fused-ring (bicyclic) bond motifs is 1. The number of rotatable bonds is 4. The molecule has 1 aromatic carbocycles. The number of carbonyl (C=O) groups is 2. The zero-order chi connectivity index (χ0) is 19.5. The summed E-state index contributed by atoms with van der Waals surface area (Å²) >= 11 is 1.75. The Labute approximate surface area is 168 Å². The molecule has 0 unspecified atom stereocenters. The summed E-state index contributed by atoms with van der Waals surface area (Å²) in [6.45, 7) is 0. The number of anilines is 1. The summed E-state index contributed by atoms with van der Waals surface area (Å²) in [7, 11) is 1.62. The maximum Gasteiger partial charge on any atom is 0.314 e. The van der Waals surface area contributed by atoms with Crippen LogP contribution >= 0.6 is 11.8 Å². The molecule has 0 bridgehead atoms. The SMILES string of the molecule is COc1ccc(-n2nc3c(c2NC(=O)C(=O)NC2CCCCC2)CSC3)cc1. The van der Waals surface area contributed by atoms with E-state index in [-0.39, 0.29) is 6.04 Å². The van der Waals surface area contributed by atoms with Gasteiger partial charge in [-0.05, 0) is 37.1 Å². The Morgan fingerprint density at radius 3 is 2.57 bits per heavy atom. The standard InChI is InChI=1S/C20H24N4O3S/c1-27-15-9-7-14(8-10-15)24-18(16-11-28-12-17(16)23-24)22-20(26)19(25)21-13-5-3-2-4-6-13/h7-10,13H,2-6,11-12H2,1H3,(H,21,25)(H,22,26). The first-order valence-corrected chi connectivity index (χ1v) is 10.8. The Bertz CT molecular complexity index is 872. The van der Waals surface area contributed by atoms with Crippen LogP contribution in [0.25, 0.3) is 5.69 Å². The highest BCUT2D eigenvalue weighted by molar-refractivity contribution is 7.98. The molecule has 4 rings (SSSR count). The van der Waals surface area contributed by atoms with E-state index in [1.165, 1.54) is 6.42 Å². The van der Waals surface area contributed by atoms with Crippen LogP contribution in [-0.2, 0) is 21.1 Å². The largest absolute Gasteiger partial charge is 0.497 e. The number of hydrogen-bond donors (Lipinski definition) is 2. The molecule has 0 saturated heterocycles. The quantitative estimate of drug-likeness (QED) is 0.771. The van der Waals surface area contributed by atoms with Gasteiger partial charge in [0.25, 0.3) is 0 Å². The Kier molecular flexibility index (Phi) is 5.57. The monoisotopic (exact) mass is 400 g/mol. The first-order valence-electron chi connectivity index (χ1n) is 9.60. The van der Waals surface area contributed by atoms with Gasteiger partial charge in [-0.25, -0.2) is 4.68 Å². The average Bonchev–Trinajstić information content (AvgIpc) is 3.31. The molecule has 0 radical (unpaired) electrons. The second kappa shape index (κ2) is 8.26. The van der Waals surface area contributed by atoms with Gasteiger partial charge in [0.15, 0.2) is 0 Å². The van der Waals surface area contributed by atoms with Crippen molar-refractivity contribution in [1.29, 1.82) is 0 Å². The van der Waals surface area contributed by atoms with Crippen LogP contribution in [0.15, 0.2) is 24.3 Å². The van der Waals surface area contributed by atoms with Gasteiger partial charge in [-0.1, -0.05) is 19.3 Å². The van der Waals surface area contributed by atoms with Gasteiger partial charge >= 0.3 is 11.8 Å². The maximum atomic E-state index is 12.6. The fourth-order valence-corrected chi connectivity index (χ4v) is 4.75. The van der Waals surface area contributed by atoms with Crippen molar-refractivity contribution in [2.45, 2.75) is 49.7 Å². The Hall–Kier alpha value is -2.48. The highest BCUT2D eigenvalue weighted by atomic mass is 32.2. The van der Waals surface area contributed by atoms with Gasteiger partial charge in [-0.3, -0.25) is 9.59 Å². The van der Waals surface area contributed by atoms with Crippen molar-refractivity contribution < 1.29 is 14.3 Å². The number of carbonyl (C=O) groups excluding carboxylic acids is 2. The highest BCUT2D eigenvalue weighted by Gasteiger charge is 2.27. The third-order valence-corrected chi connectivity index (χ3v) is 6.22. The fraction of sp³-hybridized carbons (Fsp3) is 0.450. The smallest absolute Gasteiger partial charge is 0.314 e.